The Morgan fingerprint density at radius 1 is 0.800 bits per heavy atom. The Bertz CT molecular complexity index is 251. The van der Waals surface area contributed by atoms with E-state index in [1.54, 1.807) is 14.2 Å². The van der Waals surface area contributed by atoms with E-state index in [4.69, 9.17) is 18.9 Å². The minimum Gasteiger partial charge on any atom is -0.466 e. The minimum atomic E-state index is -0.393. The molecule has 0 aromatic heterocycles. The first kappa shape index (κ1) is 18.9. The zero-order valence-electron chi connectivity index (χ0n) is 12.8. The third kappa shape index (κ3) is 10.8. The molecule has 0 saturated heterocycles. The summed E-state index contributed by atoms with van der Waals surface area (Å²) in [5.74, 6) is -0.786. The maximum Gasteiger partial charge on any atom is 0.306 e. The standard InChI is InChI=1S/C14H26O6/c1-11(17-3)7-9-19-13(15)5-6-14(16)20-10-8-12(2)18-4/h11-12H,5-10H2,1-4H3. The monoisotopic (exact) mass is 290 g/mol. The highest BCUT2D eigenvalue weighted by Crippen LogP contribution is 2.01. The van der Waals surface area contributed by atoms with Crippen molar-refractivity contribution >= 4 is 11.9 Å². The number of hydrogen-bond donors (Lipinski definition) is 0. The lowest BCUT2D eigenvalue weighted by Crippen LogP contribution is -2.15. The van der Waals surface area contributed by atoms with Gasteiger partial charge in [0, 0.05) is 27.1 Å². The number of hydrogen-bond acceptors (Lipinski definition) is 6. The minimum absolute atomic E-state index is 0.0417. The normalized spacial score (nSPS) is 13.6. The highest BCUT2D eigenvalue weighted by Gasteiger charge is 2.10. The fourth-order valence-corrected chi connectivity index (χ4v) is 1.26. The summed E-state index contributed by atoms with van der Waals surface area (Å²) in [5, 5.41) is 0. The zero-order valence-corrected chi connectivity index (χ0v) is 12.8. The summed E-state index contributed by atoms with van der Waals surface area (Å²) in [6.07, 6.45) is 1.47. The number of ether oxygens (including phenoxy) is 4. The lowest BCUT2D eigenvalue weighted by atomic mass is 10.3. The predicted octanol–water partition coefficient (Wildman–Crippen LogP) is 1.70. The summed E-state index contributed by atoms with van der Waals surface area (Å²) in [6, 6.07) is 0. The van der Waals surface area contributed by atoms with Gasteiger partial charge in [0.2, 0.25) is 0 Å². The zero-order chi connectivity index (χ0) is 15.4. The number of carbonyl (C=O) groups excluding carboxylic acids is 2. The van der Waals surface area contributed by atoms with Crippen molar-refractivity contribution in [1.82, 2.24) is 0 Å². The van der Waals surface area contributed by atoms with Gasteiger partial charge in [-0.25, -0.2) is 0 Å². The molecule has 0 radical (unpaired) electrons. The van der Waals surface area contributed by atoms with Gasteiger partial charge in [0.1, 0.15) is 0 Å². The Balaban J connectivity index is 3.56. The van der Waals surface area contributed by atoms with E-state index in [1.165, 1.54) is 0 Å². The van der Waals surface area contributed by atoms with Crippen LogP contribution < -0.4 is 0 Å². The molecule has 0 aliphatic carbocycles. The molecule has 20 heavy (non-hydrogen) atoms. The van der Waals surface area contributed by atoms with Crippen molar-refractivity contribution < 1.29 is 28.5 Å². The lowest BCUT2D eigenvalue weighted by molar-refractivity contribution is -0.151. The lowest BCUT2D eigenvalue weighted by Gasteiger charge is -2.10. The van der Waals surface area contributed by atoms with Crippen LogP contribution in [0.1, 0.15) is 39.5 Å². The largest absolute Gasteiger partial charge is 0.466 e. The fourth-order valence-electron chi connectivity index (χ4n) is 1.26. The molecule has 6 nitrogen and oxygen atoms in total. The maximum atomic E-state index is 11.4. The van der Waals surface area contributed by atoms with Crippen molar-refractivity contribution in [1.29, 1.82) is 0 Å². The van der Waals surface area contributed by atoms with Gasteiger partial charge in [0.15, 0.2) is 0 Å². The quantitative estimate of drug-likeness (QED) is 0.539. The van der Waals surface area contributed by atoms with Crippen molar-refractivity contribution in [3.8, 4) is 0 Å². The molecule has 0 spiro atoms. The molecule has 0 heterocycles. The van der Waals surface area contributed by atoms with E-state index in [-0.39, 0.29) is 25.0 Å². The Morgan fingerprint density at radius 3 is 1.45 bits per heavy atom. The van der Waals surface area contributed by atoms with Crippen molar-refractivity contribution in [3.05, 3.63) is 0 Å². The van der Waals surface area contributed by atoms with Crippen LogP contribution in [0, 0.1) is 0 Å². The predicted molar refractivity (Wildman–Crippen MR) is 73.3 cm³/mol. The Hall–Kier alpha value is -1.14. The maximum absolute atomic E-state index is 11.4. The second kappa shape index (κ2) is 11.7. The van der Waals surface area contributed by atoms with Gasteiger partial charge in [-0.2, -0.15) is 0 Å². The molecule has 118 valence electrons. The molecular weight excluding hydrogens is 264 g/mol. The molecule has 0 saturated carbocycles. The van der Waals surface area contributed by atoms with Crippen LogP contribution in [0.2, 0.25) is 0 Å². The molecule has 0 fully saturated rings. The third-order valence-electron chi connectivity index (χ3n) is 2.91. The summed E-state index contributed by atoms with van der Waals surface area (Å²) >= 11 is 0. The second-order valence-corrected chi connectivity index (χ2v) is 4.61. The first-order valence-corrected chi connectivity index (χ1v) is 6.86. The second-order valence-electron chi connectivity index (χ2n) is 4.61. The molecule has 0 rings (SSSR count). The fraction of sp³-hybridized carbons (Fsp3) is 0.857. The molecule has 0 aliphatic heterocycles. The van der Waals surface area contributed by atoms with Crippen molar-refractivity contribution in [2.45, 2.75) is 51.7 Å². The van der Waals surface area contributed by atoms with Crippen LogP contribution in [-0.2, 0) is 28.5 Å². The van der Waals surface area contributed by atoms with Crippen molar-refractivity contribution in [3.63, 3.8) is 0 Å². The van der Waals surface area contributed by atoms with Crippen LogP contribution >= 0.6 is 0 Å². The van der Waals surface area contributed by atoms with Gasteiger partial charge in [-0.15, -0.1) is 0 Å². The van der Waals surface area contributed by atoms with E-state index in [2.05, 4.69) is 0 Å². The van der Waals surface area contributed by atoms with Gasteiger partial charge < -0.3 is 18.9 Å². The van der Waals surface area contributed by atoms with E-state index in [1.807, 2.05) is 13.8 Å². The molecular formula is C14H26O6. The molecule has 0 aromatic carbocycles. The molecule has 0 aliphatic rings. The van der Waals surface area contributed by atoms with Crippen LogP contribution in [0.4, 0.5) is 0 Å². The van der Waals surface area contributed by atoms with Crippen LogP contribution in [0.3, 0.4) is 0 Å². The number of rotatable bonds is 11. The SMILES string of the molecule is COC(C)CCOC(=O)CCC(=O)OCCC(C)OC. The summed E-state index contributed by atoms with van der Waals surface area (Å²) in [6.45, 7) is 4.39. The average Bonchev–Trinajstić information content (AvgIpc) is 2.44. The van der Waals surface area contributed by atoms with Gasteiger partial charge in [-0.05, 0) is 13.8 Å². The summed E-state index contributed by atoms with van der Waals surface area (Å²) in [5.41, 5.74) is 0. The number of esters is 2. The molecule has 6 heteroatoms. The van der Waals surface area contributed by atoms with Crippen molar-refractivity contribution in [2.75, 3.05) is 27.4 Å². The average molecular weight is 290 g/mol. The van der Waals surface area contributed by atoms with Crippen LogP contribution in [0.5, 0.6) is 0 Å². The Labute approximate surface area is 120 Å². The number of carbonyl (C=O) groups is 2. The van der Waals surface area contributed by atoms with Gasteiger partial charge in [0.25, 0.3) is 0 Å². The van der Waals surface area contributed by atoms with Gasteiger partial charge >= 0.3 is 11.9 Å². The first-order chi connectivity index (χ1) is 9.49. The molecule has 2 unspecified atom stereocenters. The van der Waals surface area contributed by atoms with E-state index in [0.29, 0.717) is 26.1 Å². The number of methoxy groups -OCH3 is 2. The first-order valence-electron chi connectivity index (χ1n) is 6.86. The summed E-state index contributed by atoms with van der Waals surface area (Å²) in [4.78, 5) is 22.7. The van der Waals surface area contributed by atoms with E-state index < -0.39 is 11.9 Å². The topological polar surface area (TPSA) is 71.1 Å². The van der Waals surface area contributed by atoms with Crippen LogP contribution in [-0.4, -0.2) is 51.6 Å². The van der Waals surface area contributed by atoms with E-state index >= 15 is 0 Å². The summed E-state index contributed by atoms with van der Waals surface area (Å²) < 4.78 is 20.0. The van der Waals surface area contributed by atoms with Crippen molar-refractivity contribution in [2.24, 2.45) is 0 Å². The van der Waals surface area contributed by atoms with E-state index in [0.717, 1.165) is 0 Å². The Kier molecular flexibility index (Phi) is 11.0. The van der Waals surface area contributed by atoms with Gasteiger partial charge in [-0.1, -0.05) is 0 Å². The highest BCUT2D eigenvalue weighted by atomic mass is 16.5. The highest BCUT2D eigenvalue weighted by molar-refractivity contribution is 5.77. The Morgan fingerprint density at radius 2 is 1.15 bits per heavy atom. The molecule has 0 N–H and O–H groups in total. The van der Waals surface area contributed by atoms with E-state index in [9.17, 15) is 9.59 Å². The molecule has 0 amide bonds. The molecule has 0 aromatic rings. The smallest absolute Gasteiger partial charge is 0.306 e. The van der Waals surface area contributed by atoms with Gasteiger partial charge in [-0.3, -0.25) is 9.59 Å². The van der Waals surface area contributed by atoms with Gasteiger partial charge in [0.05, 0.1) is 38.3 Å². The van der Waals surface area contributed by atoms with Crippen LogP contribution in [0.25, 0.3) is 0 Å². The molecule has 0 bridgehead atoms. The summed E-state index contributed by atoms with van der Waals surface area (Å²) in [7, 11) is 3.21. The molecule has 2 atom stereocenters. The third-order valence-corrected chi connectivity index (χ3v) is 2.91. The van der Waals surface area contributed by atoms with Crippen LogP contribution in [0.15, 0.2) is 0 Å².